The minimum Gasteiger partial charge on any atom is -0.403 e. The highest BCUT2D eigenvalue weighted by atomic mass is 28.4. The molecule has 1 atom stereocenters. The maximum absolute atomic E-state index is 9.54. The first-order chi connectivity index (χ1) is 12.3. The van der Waals surface area contributed by atoms with Crippen molar-refractivity contribution in [1.82, 2.24) is 0 Å². The fourth-order valence-corrected chi connectivity index (χ4v) is 8.01. The zero-order valence-corrected chi connectivity index (χ0v) is 17.7. The van der Waals surface area contributed by atoms with Crippen molar-refractivity contribution in [2.24, 2.45) is 0 Å². The molecule has 0 fully saturated rings. The summed E-state index contributed by atoms with van der Waals surface area (Å²) in [5.74, 6) is 0. The Bertz CT molecular complexity index is 660. The summed E-state index contributed by atoms with van der Waals surface area (Å²) < 4.78 is 6.85. The van der Waals surface area contributed by atoms with E-state index in [1.165, 1.54) is 15.9 Å². The number of benzene rings is 2. The second-order valence-corrected chi connectivity index (χ2v) is 12.4. The van der Waals surface area contributed by atoms with E-state index < -0.39 is 8.32 Å². The number of rotatable bonds is 7. The predicted octanol–water partition coefficient (Wildman–Crippen LogP) is 4.28. The molecule has 0 radical (unpaired) electrons. The van der Waals surface area contributed by atoms with Crippen molar-refractivity contribution in [2.75, 3.05) is 6.61 Å². The van der Waals surface area contributed by atoms with Crippen molar-refractivity contribution in [1.29, 1.82) is 0 Å². The van der Waals surface area contributed by atoms with Crippen LogP contribution in [-0.2, 0) is 4.43 Å². The lowest BCUT2D eigenvalue weighted by atomic mass is 10.2. The van der Waals surface area contributed by atoms with Crippen LogP contribution in [0.1, 0.15) is 41.0 Å². The SMILES string of the molecule is C/C(=C\C[C@@H](C)O)CO[Si](c1ccccc1)(c1ccccc1)C(C)(C)C. The van der Waals surface area contributed by atoms with Crippen LogP contribution in [0, 0.1) is 0 Å². The van der Waals surface area contributed by atoms with E-state index in [1.54, 1.807) is 0 Å². The normalized spacial score (nSPS) is 14.3. The highest BCUT2D eigenvalue weighted by Gasteiger charge is 2.50. The molecule has 0 aliphatic rings. The molecule has 0 bridgehead atoms. The molecule has 0 aromatic heterocycles. The van der Waals surface area contributed by atoms with Crippen LogP contribution < -0.4 is 10.4 Å². The lowest BCUT2D eigenvalue weighted by Gasteiger charge is -2.43. The quantitative estimate of drug-likeness (QED) is 0.584. The van der Waals surface area contributed by atoms with Gasteiger partial charge < -0.3 is 9.53 Å². The molecule has 0 saturated carbocycles. The van der Waals surface area contributed by atoms with Gasteiger partial charge >= 0.3 is 0 Å². The van der Waals surface area contributed by atoms with Gasteiger partial charge in [-0.25, -0.2) is 0 Å². The lowest BCUT2D eigenvalue weighted by molar-refractivity contribution is 0.198. The summed E-state index contributed by atoms with van der Waals surface area (Å²) >= 11 is 0. The first kappa shape index (κ1) is 20.6. The molecular formula is C23H32O2Si. The maximum atomic E-state index is 9.54. The predicted molar refractivity (Wildman–Crippen MR) is 114 cm³/mol. The highest BCUT2D eigenvalue weighted by Crippen LogP contribution is 2.36. The van der Waals surface area contributed by atoms with Gasteiger partial charge in [-0.2, -0.15) is 0 Å². The van der Waals surface area contributed by atoms with Crippen LogP contribution in [0.15, 0.2) is 72.3 Å². The zero-order valence-electron chi connectivity index (χ0n) is 16.7. The van der Waals surface area contributed by atoms with Gasteiger partial charge in [-0.15, -0.1) is 0 Å². The minimum atomic E-state index is -2.47. The number of aliphatic hydroxyl groups is 1. The van der Waals surface area contributed by atoms with Gasteiger partial charge in [0.2, 0.25) is 0 Å². The van der Waals surface area contributed by atoms with Crippen molar-refractivity contribution in [3.63, 3.8) is 0 Å². The monoisotopic (exact) mass is 368 g/mol. The van der Waals surface area contributed by atoms with Crippen molar-refractivity contribution >= 4 is 18.7 Å². The van der Waals surface area contributed by atoms with Crippen LogP contribution >= 0.6 is 0 Å². The molecular weight excluding hydrogens is 336 g/mol. The number of hydrogen-bond acceptors (Lipinski definition) is 2. The molecule has 0 unspecified atom stereocenters. The summed E-state index contributed by atoms with van der Waals surface area (Å²) in [5.41, 5.74) is 1.17. The van der Waals surface area contributed by atoms with E-state index in [9.17, 15) is 5.11 Å². The minimum absolute atomic E-state index is 0.0136. The highest BCUT2D eigenvalue weighted by molar-refractivity contribution is 6.99. The first-order valence-electron chi connectivity index (χ1n) is 9.36. The van der Waals surface area contributed by atoms with Gasteiger partial charge in [0.15, 0.2) is 0 Å². The van der Waals surface area contributed by atoms with Gasteiger partial charge in [-0.1, -0.05) is 93.1 Å². The molecule has 140 valence electrons. The van der Waals surface area contributed by atoms with Gasteiger partial charge in [0.25, 0.3) is 8.32 Å². The summed E-state index contributed by atoms with van der Waals surface area (Å²) in [6.45, 7) is 11.3. The Hall–Kier alpha value is -1.68. The van der Waals surface area contributed by atoms with Crippen molar-refractivity contribution in [3.8, 4) is 0 Å². The molecule has 0 heterocycles. The largest absolute Gasteiger partial charge is 0.403 e. The Morgan fingerprint density at radius 3 is 1.85 bits per heavy atom. The topological polar surface area (TPSA) is 29.5 Å². The third kappa shape index (κ3) is 4.73. The van der Waals surface area contributed by atoms with E-state index in [-0.39, 0.29) is 11.1 Å². The van der Waals surface area contributed by atoms with Gasteiger partial charge in [0, 0.05) is 0 Å². The number of hydrogen-bond donors (Lipinski definition) is 1. The molecule has 0 saturated heterocycles. The summed E-state index contributed by atoms with van der Waals surface area (Å²) in [5, 5.41) is 12.1. The summed E-state index contributed by atoms with van der Waals surface area (Å²) in [7, 11) is -2.47. The average Bonchev–Trinajstić information content (AvgIpc) is 2.61. The van der Waals surface area contributed by atoms with Gasteiger partial charge in [0.1, 0.15) is 0 Å². The standard InChI is InChI=1S/C23H32O2Si/c1-19(16-17-20(2)24)18-25-26(23(3,4)5,21-12-8-6-9-13-21)22-14-10-7-11-15-22/h6-16,20,24H,17-18H2,1-5H3/b19-16+/t20-/m1/s1. The fraction of sp³-hybridized carbons (Fsp3) is 0.391. The van der Waals surface area contributed by atoms with Gasteiger partial charge in [-0.3, -0.25) is 0 Å². The Morgan fingerprint density at radius 1 is 1.00 bits per heavy atom. The third-order valence-electron chi connectivity index (χ3n) is 4.74. The molecule has 0 aliphatic heterocycles. The summed E-state index contributed by atoms with van der Waals surface area (Å²) in [6, 6.07) is 21.4. The van der Waals surface area contributed by atoms with Crippen LogP contribution in [0.4, 0.5) is 0 Å². The molecule has 0 amide bonds. The van der Waals surface area contributed by atoms with E-state index >= 15 is 0 Å². The van der Waals surface area contributed by atoms with E-state index in [1.807, 2.05) is 6.92 Å². The number of aliphatic hydroxyl groups excluding tert-OH is 1. The Morgan fingerprint density at radius 2 is 1.46 bits per heavy atom. The smallest absolute Gasteiger partial charge is 0.261 e. The maximum Gasteiger partial charge on any atom is 0.261 e. The van der Waals surface area contributed by atoms with Crippen molar-refractivity contribution in [3.05, 3.63) is 72.3 Å². The average molecular weight is 369 g/mol. The first-order valence-corrected chi connectivity index (χ1v) is 11.3. The molecule has 2 aromatic rings. The van der Waals surface area contributed by atoms with Crippen molar-refractivity contribution < 1.29 is 9.53 Å². The molecule has 2 nitrogen and oxygen atoms in total. The molecule has 3 heteroatoms. The second-order valence-electron chi connectivity index (χ2n) is 8.09. The Labute approximate surface area is 159 Å². The van der Waals surface area contributed by atoms with Crippen LogP contribution in [0.3, 0.4) is 0 Å². The molecule has 26 heavy (non-hydrogen) atoms. The van der Waals surface area contributed by atoms with Gasteiger partial charge in [0.05, 0.1) is 12.7 Å². The lowest BCUT2D eigenvalue weighted by Crippen LogP contribution is -2.66. The molecule has 0 spiro atoms. The van der Waals surface area contributed by atoms with E-state index in [4.69, 9.17) is 4.43 Å². The van der Waals surface area contributed by atoms with E-state index in [0.717, 1.165) is 0 Å². The summed E-state index contributed by atoms with van der Waals surface area (Å²) in [6.07, 6.45) is 2.43. The molecule has 0 aliphatic carbocycles. The van der Waals surface area contributed by atoms with E-state index in [0.29, 0.717) is 13.0 Å². The van der Waals surface area contributed by atoms with Gasteiger partial charge in [-0.05, 0) is 35.7 Å². The van der Waals surface area contributed by atoms with Crippen molar-refractivity contribution in [2.45, 2.75) is 52.2 Å². The Kier molecular flexibility index (Phi) is 6.99. The third-order valence-corrected chi connectivity index (χ3v) is 9.72. The molecule has 1 N–H and O–H groups in total. The second kappa shape index (κ2) is 8.80. The molecule has 2 rings (SSSR count). The summed E-state index contributed by atoms with van der Waals surface area (Å²) in [4.78, 5) is 0. The Balaban J connectivity index is 2.49. The van der Waals surface area contributed by atoms with Crippen LogP contribution in [0.5, 0.6) is 0 Å². The van der Waals surface area contributed by atoms with Crippen LogP contribution in [0.25, 0.3) is 0 Å². The zero-order chi connectivity index (χ0) is 19.2. The van der Waals surface area contributed by atoms with Crippen LogP contribution in [0.2, 0.25) is 5.04 Å². The molecule has 2 aromatic carbocycles. The van der Waals surface area contributed by atoms with Crippen LogP contribution in [-0.4, -0.2) is 26.1 Å². The fourth-order valence-electron chi connectivity index (χ4n) is 3.41. The van der Waals surface area contributed by atoms with E-state index in [2.05, 4.69) is 94.4 Å².